The van der Waals surface area contributed by atoms with Gasteiger partial charge in [0.15, 0.2) is 23.1 Å². The third-order valence-corrected chi connectivity index (χ3v) is 4.37. The molecule has 0 amide bonds. The van der Waals surface area contributed by atoms with Crippen LogP contribution in [-0.4, -0.2) is 26.9 Å². The third-order valence-electron chi connectivity index (χ3n) is 4.37. The van der Waals surface area contributed by atoms with Crippen LogP contribution in [-0.2, 0) is 6.42 Å². The van der Waals surface area contributed by atoms with Crippen LogP contribution < -0.4 is 19.5 Å². The van der Waals surface area contributed by atoms with Crippen LogP contribution in [0.3, 0.4) is 0 Å². The summed E-state index contributed by atoms with van der Waals surface area (Å²) in [6.07, 6.45) is 0.913. The molecule has 2 aromatic carbocycles. The minimum Gasteiger partial charge on any atom is -0.494 e. The quantitative estimate of drug-likeness (QED) is 0.863. The van der Waals surface area contributed by atoms with E-state index in [0.29, 0.717) is 13.2 Å². The molecular formula is C20H24FNO3. The van der Waals surface area contributed by atoms with Gasteiger partial charge >= 0.3 is 0 Å². The first-order valence-electron chi connectivity index (χ1n) is 8.67. The molecule has 25 heavy (non-hydrogen) atoms. The molecule has 0 radical (unpaired) electrons. The van der Waals surface area contributed by atoms with Gasteiger partial charge in [-0.3, -0.25) is 0 Å². The van der Waals surface area contributed by atoms with Crippen molar-refractivity contribution in [3.05, 3.63) is 52.8 Å². The predicted octanol–water partition coefficient (Wildman–Crippen LogP) is 3.87. The standard InChI is InChI=1S/C20H24FNO3/c1-4-24-18-10-13-8-9-22-20(15(13)12-19(18)25-5-2)14-6-7-16(21)17(11-14)23-3/h6-7,10-12,20,22H,4-5,8-9H2,1-3H3/t20-/m0/s1. The fourth-order valence-electron chi connectivity index (χ4n) is 3.25. The van der Waals surface area contributed by atoms with Crippen molar-refractivity contribution in [2.75, 3.05) is 26.9 Å². The van der Waals surface area contributed by atoms with Gasteiger partial charge in [0, 0.05) is 6.54 Å². The molecule has 1 N–H and O–H groups in total. The van der Waals surface area contributed by atoms with Crippen LogP contribution in [0.2, 0.25) is 0 Å². The Bertz CT molecular complexity index is 748. The first-order chi connectivity index (χ1) is 12.2. The molecule has 134 valence electrons. The SMILES string of the molecule is CCOc1cc2c(cc1OCC)[C@H](c1ccc(F)c(OC)c1)NCC2. The summed E-state index contributed by atoms with van der Waals surface area (Å²) in [5, 5.41) is 3.51. The van der Waals surface area contributed by atoms with Gasteiger partial charge in [-0.1, -0.05) is 6.07 Å². The Morgan fingerprint density at radius 1 is 1.04 bits per heavy atom. The normalized spacial score (nSPS) is 16.2. The lowest BCUT2D eigenvalue weighted by molar-refractivity contribution is 0.286. The maximum atomic E-state index is 13.8. The lowest BCUT2D eigenvalue weighted by Crippen LogP contribution is -2.30. The van der Waals surface area contributed by atoms with Crippen LogP contribution in [0.4, 0.5) is 4.39 Å². The molecule has 2 aromatic rings. The van der Waals surface area contributed by atoms with Gasteiger partial charge in [-0.25, -0.2) is 4.39 Å². The van der Waals surface area contributed by atoms with Crippen molar-refractivity contribution in [2.45, 2.75) is 26.3 Å². The molecule has 0 saturated carbocycles. The maximum absolute atomic E-state index is 13.8. The number of fused-ring (bicyclic) bond motifs is 1. The third kappa shape index (κ3) is 3.56. The highest BCUT2D eigenvalue weighted by molar-refractivity contribution is 5.52. The highest BCUT2D eigenvalue weighted by atomic mass is 19.1. The number of halogens is 1. The van der Waals surface area contributed by atoms with Crippen LogP contribution >= 0.6 is 0 Å². The number of hydrogen-bond donors (Lipinski definition) is 1. The molecule has 0 aromatic heterocycles. The van der Waals surface area contributed by atoms with Crippen LogP contribution in [0, 0.1) is 5.82 Å². The Labute approximate surface area is 147 Å². The van der Waals surface area contributed by atoms with E-state index in [1.165, 1.54) is 18.7 Å². The minimum atomic E-state index is -0.357. The average molecular weight is 345 g/mol. The van der Waals surface area contributed by atoms with Crippen molar-refractivity contribution in [1.29, 1.82) is 0 Å². The second-order valence-electron chi connectivity index (χ2n) is 5.89. The number of nitrogens with one attached hydrogen (secondary N) is 1. The highest BCUT2D eigenvalue weighted by Gasteiger charge is 2.25. The van der Waals surface area contributed by atoms with Crippen LogP contribution in [0.1, 0.15) is 36.6 Å². The summed E-state index contributed by atoms with van der Waals surface area (Å²) in [4.78, 5) is 0. The van der Waals surface area contributed by atoms with Crippen LogP contribution in [0.5, 0.6) is 17.2 Å². The molecule has 0 bridgehead atoms. The summed E-state index contributed by atoms with van der Waals surface area (Å²) in [6, 6.07) is 9.06. The van der Waals surface area contributed by atoms with E-state index < -0.39 is 0 Å². The molecule has 4 nitrogen and oxygen atoms in total. The molecule has 1 atom stereocenters. The van der Waals surface area contributed by atoms with Gasteiger partial charge in [0.2, 0.25) is 0 Å². The van der Waals surface area contributed by atoms with Gasteiger partial charge in [-0.2, -0.15) is 0 Å². The van der Waals surface area contributed by atoms with E-state index in [-0.39, 0.29) is 17.6 Å². The van der Waals surface area contributed by atoms with Gasteiger partial charge < -0.3 is 19.5 Å². The van der Waals surface area contributed by atoms with Crippen LogP contribution in [0.25, 0.3) is 0 Å². The van der Waals surface area contributed by atoms with E-state index in [9.17, 15) is 4.39 Å². The van der Waals surface area contributed by atoms with E-state index in [2.05, 4.69) is 11.4 Å². The van der Waals surface area contributed by atoms with Crippen LogP contribution in [0.15, 0.2) is 30.3 Å². The lowest BCUT2D eigenvalue weighted by atomic mass is 9.89. The number of benzene rings is 2. The molecule has 1 aliphatic heterocycles. The summed E-state index contributed by atoms with van der Waals surface area (Å²) in [5.41, 5.74) is 3.32. The van der Waals surface area contributed by atoms with Gasteiger partial charge in [-0.05, 0) is 61.2 Å². The minimum absolute atomic E-state index is 0.0341. The molecule has 5 heteroatoms. The van der Waals surface area contributed by atoms with Crippen molar-refractivity contribution < 1.29 is 18.6 Å². The Balaban J connectivity index is 2.04. The molecule has 0 fully saturated rings. The predicted molar refractivity (Wildman–Crippen MR) is 95.3 cm³/mol. The topological polar surface area (TPSA) is 39.7 Å². The Morgan fingerprint density at radius 3 is 2.44 bits per heavy atom. The zero-order valence-corrected chi connectivity index (χ0v) is 14.9. The second-order valence-corrected chi connectivity index (χ2v) is 5.89. The fraction of sp³-hybridized carbons (Fsp3) is 0.400. The molecule has 3 rings (SSSR count). The molecule has 0 aliphatic carbocycles. The smallest absolute Gasteiger partial charge is 0.165 e. The summed E-state index contributed by atoms with van der Waals surface area (Å²) in [7, 11) is 1.48. The molecular weight excluding hydrogens is 321 g/mol. The summed E-state index contributed by atoms with van der Waals surface area (Å²) >= 11 is 0. The van der Waals surface area contributed by atoms with Crippen molar-refractivity contribution in [1.82, 2.24) is 5.32 Å². The monoisotopic (exact) mass is 345 g/mol. The largest absolute Gasteiger partial charge is 0.494 e. The van der Waals surface area contributed by atoms with Gasteiger partial charge in [0.05, 0.1) is 26.4 Å². The number of rotatable bonds is 6. The lowest BCUT2D eigenvalue weighted by Gasteiger charge is -2.29. The van der Waals surface area contributed by atoms with E-state index in [1.807, 2.05) is 19.9 Å². The molecule has 0 spiro atoms. The Hall–Kier alpha value is -2.27. The van der Waals surface area contributed by atoms with E-state index in [1.54, 1.807) is 12.1 Å². The molecule has 0 saturated heterocycles. The zero-order valence-electron chi connectivity index (χ0n) is 14.9. The van der Waals surface area contributed by atoms with Crippen molar-refractivity contribution in [3.63, 3.8) is 0 Å². The highest BCUT2D eigenvalue weighted by Crippen LogP contribution is 2.38. The fourth-order valence-corrected chi connectivity index (χ4v) is 3.25. The summed E-state index contributed by atoms with van der Waals surface area (Å²) < 4.78 is 30.4. The summed E-state index contributed by atoms with van der Waals surface area (Å²) in [6.45, 7) is 5.92. The Kier molecular flexibility index (Phi) is 5.43. The van der Waals surface area contributed by atoms with Crippen molar-refractivity contribution in [2.24, 2.45) is 0 Å². The Morgan fingerprint density at radius 2 is 1.76 bits per heavy atom. The number of ether oxygens (including phenoxy) is 3. The molecule has 0 unspecified atom stereocenters. The van der Waals surface area contributed by atoms with E-state index in [4.69, 9.17) is 14.2 Å². The maximum Gasteiger partial charge on any atom is 0.165 e. The number of methoxy groups -OCH3 is 1. The molecule has 1 heterocycles. The van der Waals surface area contributed by atoms with E-state index >= 15 is 0 Å². The zero-order chi connectivity index (χ0) is 17.8. The summed E-state index contributed by atoms with van der Waals surface area (Å²) in [5.74, 6) is 1.41. The molecule has 1 aliphatic rings. The van der Waals surface area contributed by atoms with Gasteiger partial charge in [-0.15, -0.1) is 0 Å². The first kappa shape index (κ1) is 17.5. The van der Waals surface area contributed by atoms with Crippen molar-refractivity contribution in [3.8, 4) is 17.2 Å². The van der Waals surface area contributed by atoms with E-state index in [0.717, 1.165) is 35.6 Å². The number of hydrogen-bond acceptors (Lipinski definition) is 4. The average Bonchev–Trinajstić information content (AvgIpc) is 2.63. The first-order valence-corrected chi connectivity index (χ1v) is 8.67. The second kappa shape index (κ2) is 7.74. The van der Waals surface area contributed by atoms with Gasteiger partial charge in [0.25, 0.3) is 0 Å². The van der Waals surface area contributed by atoms with Crippen molar-refractivity contribution >= 4 is 0 Å². The van der Waals surface area contributed by atoms with Gasteiger partial charge in [0.1, 0.15) is 0 Å².